The number of unbranched alkanes of at least 4 members (excludes halogenated alkanes) is 2. The van der Waals surface area contributed by atoms with Crippen LogP contribution in [-0.4, -0.2) is 47.6 Å². The molecule has 0 saturated carbocycles. The highest BCUT2D eigenvalue weighted by Gasteiger charge is 2.28. The average molecular weight is 303 g/mol. The smallest absolute Gasteiger partial charge is 0.252 e. The number of amides is 2. The minimum absolute atomic E-state index is 0.178. The van der Waals surface area contributed by atoms with Crippen molar-refractivity contribution >= 4 is 22.6 Å². The fourth-order valence-electron chi connectivity index (χ4n) is 1.34. The second-order valence-electron chi connectivity index (χ2n) is 6.07. The first-order valence-corrected chi connectivity index (χ1v) is 9.29. The van der Waals surface area contributed by atoms with Gasteiger partial charge in [-0.3, -0.25) is 14.5 Å². The number of carbonyl (C=O) groups excluding carboxylic acids is 2. The number of hydrogen-bond acceptors (Lipinski definition) is 3. The van der Waals surface area contributed by atoms with Gasteiger partial charge in [0.15, 0.2) is 0 Å². The van der Waals surface area contributed by atoms with Crippen molar-refractivity contribution in [1.82, 2.24) is 4.90 Å². The van der Waals surface area contributed by atoms with Crippen LogP contribution in [0, 0.1) is 0 Å². The van der Waals surface area contributed by atoms with E-state index in [1.165, 1.54) is 0 Å². The standard InChI is InChI=1S/C15H29NO3S/c1-7-14(18)16(13-17)11-9-8-10-12-19-20(5,6)15(2,3)4/h7,13H,1,8-12H2,2-6H3. The van der Waals surface area contributed by atoms with Gasteiger partial charge in [-0.2, -0.15) is 0 Å². The highest BCUT2D eigenvalue weighted by molar-refractivity contribution is 8.29. The normalized spacial score (nSPS) is 12.8. The minimum Gasteiger partial charge on any atom is -0.337 e. The van der Waals surface area contributed by atoms with Crippen LogP contribution < -0.4 is 0 Å². The van der Waals surface area contributed by atoms with E-state index in [9.17, 15) is 9.59 Å². The molecule has 0 aliphatic heterocycles. The van der Waals surface area contributed by atoms with Gasteiger partial charge in [-0.05, 0) is 37.9 Å². The Hall–Kier alpha value is -0.810. The van der Waals surface area contributed by atoms with E-state index < -0.39 is 10.3 Å². The predicted molar refractivity (Wildman–Crippen MR) is 87.0 cm³/mol. The van der Waals surface area contributed by atoms with Gasteiger partial charge in [0.1, 0.15) is 0 Å². The summed E-state index contributed by atoms with van der Waals surface area (Å²) in [7, 11) is -1.06. The van der Waals surface area contributed by atoms with Gasteiger partial charge in [-0.25, -0.2) is 0 Å². The maximum atomic E-state index is 11.3. The Kier molecular flexibility index (Phi) is 8.13. The molecule has 4 nitrogen and oxygen atoms in total. The third kappa shape index (κ3) is 6.57. The van der Waals surface area contributed by atoms with Crippen LogP contribution in [-0.2, 0) is 13.8 Å². The van der Waals surface area contributed by atoms with Crippen molar-refractivity contribution in [2.45, 2.75) is 44.8 Å². The van der Waals surface area contributed by atoms with E-state index in [2.05, 4.69) is 39.9 Å². The van der Waals surface area contributed by atoms with E-state index in [-0.39, 0.29) is 10.7 Å². The summed E-state index contributed by atoms with van der Waals surface area (Å²) in [6.07, 6.45) is 8.77. The molecular formula is C15H29NO3S. The molecule has 0 bridgehead atoms. The summed E-state index contributed by atoms with van der Waals surface area (Å²) in [5.74, 6) is -0.338. The van der Waals surface area contributed by atoms with Gasteiger partial charge < -0.3 is 4.18 Å². The fraction of sp³-hybridized carbons (Fsp3) is 0.733. The second-order valence-corrected chi connectivity index (χ2v) is 10.00. The molecule has 0 aliphatic rings. The molecule has 0 saturated heterocycles. The predicted octanol–water partition coefficient (Wildman–Crippen LogP) is 3.12. The van der Waals surface area contributed by atoms with Crippen molar-refractivity contribution in [2.24, 2.45) is 0 Å². The summed E-state index contributed by atoms with van der Waals surface area (Å²) in [4.78, 5) is 23.1. The van der Waals surface area contributed by atoms with E-state index in [1.54, 1.807) is 0 Å². The summed E-state index contributed by atoms with van der Waals surface area (Å²) in [5, 5.41) is 0. The van der Waals surface area contributed by atoms with Gasteiger partial charge in [0.25, 0.3) is 5.91 Å². The molecule has 0 radical (unpaired) electrons. The van der Waals surface area contributed by atoms with Crippen LogP contribution in [0.25, 0.3) is 0 Å². The molecule has 2 amide bonds. The lowest BCUT2D eigenvalue weighted by Crippen LogP contribution is -2.28. The Bertz CT molecular complexity index is 335. The maximum Gasteiger partial charge on any atom is 0.252 e. The minimum atomic E-state index is -1.06. The molecule has 0 rings (SSSR count). The van der Waals surface area contributed by atoms with E-state index >= 15 is 0 Å². The van der Waals surface area contributed by atoms with Crippen molar-refractivity contribution < 1.29 is 13.8 Å². The van der Waals surface area contributed by atoms with Gasteiger partial charge in [-0.1, -0.05) is 27.4 Å². The monoisotopic (exact) mass is 303 g/mol. The summed E-state index contributed by atoms with van der Waals surface area (Å²) >= 11 is 0. The average Bonchev–Trinajstić information content (AvgIpc) is 2.35. The van der Waals surface area contributed by atoms with Crippen LogP contribution in [0.3, 0.4) is 0 Å². The number of nitrogens with zero attached hydrogens (tertiary/aromatic N) is 1. The topological polar surface area (TPSA) is 46.6 Å². The molecule has 0 fully saturated rings. The van der Waals surface area contributed by atoms with E-state index in [4.69, 9.17) is 4.18 Å². The quantitative estimate of drug-likeness (QED) is 0.373. The van der Waals surface area contributed by atoms with Gasteiger partial charge in [0, 0.05) is 11.3 Å². The van der Waals surface area contributed by atoms with Crippen LogP contribution >= 0.6 is 10.3 Å². The van der Waals surface area contributed by atoms with E-state index in [0.717, 1.165) is 36.8 Å². The molecule has 0 N–H and O–H groups in total. The van der Waals surface area contributed by atoms with Crippen molar-refractivity contribution in [3.05, 3.63) is 12.7 Å². The molecular weight excluding hydrogens is 274 g/mol. The molecule has 0 unspecified atom stereocenters. The molecule has 20 heavy (non-hydrogen) atoms. The molecule has 0 spiro atoms. The molecule has 0 aromatic heterocycles. The summed E-state index contributed by atoms with van der Waals surface area (Å²) < 4.78 is 6.19. The molecule has 0 atom stereocenters. The SMILES string of the molecule is C=CC(=O)N(C=O)CCCCCOS(C)(C)C(C)(C)C. The first kappa shape index (κ1) is 19.2. The van der Waals surface area contributed by atoms with Crippen molar-refractivity contribution in [3.63, 3.8) is 0 Å². The van der Waals surface area contributed by atoms with E-state index in [0.29, 0.717) is 13.0 Å². The highest BCUT2D eigenvalue weighted by Crippen LogP contribution is 2.53. The zero-order valence-corrected chi connectivity index (χ0v) is 14.3. The molecule has 0 aliphatic carbocycles. The molecule has 0 aromatic rings. The Balaban J connectivity index is 3.86. The summed E-state index contributed by atoms with van der Waals surface area (Å²) in [5.41, 5.74) is 0. The van der Waals surface area contributed by atoms with Crippen molar-refractivity contribution in [3.8, 4) is 0 Å². The van der Waals surface area contributed by atoms with Gasteiger partial charge >= 0.3 is 0 Å². The fourth-order valence-corrected chi connectivity index (χ4v) is 2.23. The van der Waals surface area contributed by atoms with Crippen LogP contribution in [0.15, 0.2) is 12.7 Å². The first-order valence-electron chi connectivity index (χ1n) is 6.91. The lowest BCUT2D eigenvalue weighted by Gasteiger charge is -2.43. The lowest BCUT2D eigenvalue weighted by molar-refractivity contribution is -0.134. The largest absolute Gasteiger partial charge is 0.337 e. The van der Waals surface area contributed by atoms with Crippen molar-refractivity contribution in [1.29, 1.82) is 0 Å². The summed E-state index contributed by atoms with van der Waals surface area (Å²) in [6.45, 7) is 11.1. The number of imide groups is 1. The van der Waals surface area contributed by atoms with Crippen LogP contribution in [0.5, 0.6) is 0 Å². The van der Waals surface area contributed by atoms with Crippen LogP contribution in [0.4, 0.5) is 0 Å². The third-order valence-corrected chi connectivity index (χ3v) is 7.19. The Labute approximate surface area is 125 Å². The first-order chi connectivity index (χ1) is 9.15. The van der Waals surface area contributed by atoms with Gasteiger partial charge in [0.05, 0.1) is 6.61 Å². The number of rotatable bonds is 9. The lowest BCUT2D eigenvalue weighted by atomic mass is 10.2. The Morgan fingerprint density at radius 3 is 2.30 bits per heavy atom. The number of carbonyl (C=O) groups is 2. The molecule has 118 valence electrons. The van der Waals surface area contributed by atoms with E-state index in [1.807, 2.05) is 0 Å². The molecule has 0 heterocycles. The number of hydrogen-bond donors (Lipinski definition) is 0. The van der Waals surface area contributed by atoms with Crippen molar-refractivity contribution in [2.75, 3.05) is 25.7 Å². The van der Waals surface area contributed by atoms with Crippen LogP contribution in [0.2, 0.25) is 0 Å². The zero-order valence-electron chi connectivity index (χ0n) is 13.5. The maximum absolute atomic E-state index is 11.3. The zero-order chi connectivity index (χ0) is 15.8. The second kappa shape index (κ2) is 8.47. The van der Waals surface area contributed by atoms with Crippen LogP contribution in [0.1, 0.15) is 40.0 Å². The Morgan fingerprint density at radius 1 is 1.25 bits per heavy atom. The van der Waals surface area contributed by atoms with Gasteiger partial charge in [-0.15, -0.1) is 10.3 Å². The molecule has 0 aromatic carbocycles. The van der Waals surface area contributed by atoms with Gasteiger partial charge in [0.2, 0.25) is 6.41 Å². The summed E-state index contributed by atoms with van der Waals surface area (Å²) in [6, 6.07) is 0. The highest BCUT2D eigenvalue weighted by atomic mass is 32.3. The Morgan fingerprint density at radius 2 is 1.85 bits per heavy atom. The third-order valence-electron chi connectivity index (χ3n) is 3.48. The molecule has 5 heteroatoms.